The summed E-state index contributed by atoms with van der Waals surface area (Å²) < 4.78 is 1.23. The molecule has 1 aliphatic rings. The Hall–Kier alpha value is -1.64. The molecule has 0 spiro atoms. The maximum Gasteiger partial charge on any atom is 0.0838 e. The van der Waals surface area contributed by atoms with Crippen molar-refractivity contribution in [3.8, 4) is 0 Å². The van der Waals surface area contributed by atoms with E-state index in [2.05, 4.69) is 53.9 Å². The summed E-state index contributed by atoms with van der Waals surface area (Å²) >= 11 is 1.72. The fourth-order valence-corrected chi connectivity index (χ4v) is 4.27. The Kier molecular flexibility index (Phi) is 2.86. The quantitative estimate of drug-likeness (QED) is 0.740. The van der Waals surface area contributed by atoms with Crippen LogP contribution in [0.3, 0.4) is 0 Å². The van der Waals surface area contributed by atoms with E-state index in [0.717, 1.165) is 18.4 Å². The Morgan fingerprint density at radius 2 is 1.70 bits per heavy atom. The van der Waals surface area contributed by atoms with Gasteiger partial charge in [-0.05, 0) is 52.3 Å². The molecule has 3 aromatic rings. The van der Waals surface area contributed by atoms with E-state index in [0.29, 0.717) is 5.92 Å². The molecule has 0 fully saturated rings. The lowest BCUT2D eigenvalue weighted by atomic mass is 9.92. The van der Waals surface area contributed by atoms with Crippen LogP contribution < -0.4 is 0 Å². The minimum absolute atomic E-state index is 0.306. The first-order chi connectivity index (χ1) is 9.83. The number of aliphatic hydroxyl groups is 1. The van der Waals surface area contributed by atoms with E-state index in [4.69, 9.17) is 0 Å². The van der Waals surface area contributed by atoms with Gasteiger partial charge < -0.3 is 5.11 Å². The summed E-state index contributed by atoms with van der Waals surface area (Å²) in [6.07, 6.45) is 1.60. The van der Waals surface area contributed by atoms with Crippen LogP contribution in [0, 0.1) is 5.92 Å². The molecule has 0 amide bonds. The minimum Gasteiger partial charge on any atom is -0.388 e. The first-order valence-corrected chi connectivity index (χ1v) is 7.92. The number of rotatable bonds is 2. The molecule has 1 unspecified atom stereocenters. The van der Waals surface area contributed by atoms with Gasteiger partial charge in [0.25, 0.3) is 0 Å². The van der Waals surface area contributed by atoms with Crippen LogP contribution in [0.4, 0.5) is 0 Å². The summed E-state index contributed by atoms with van der Waals surface area (Å²) in [4.78, 5) is 0. The van der Waals surface area contributed by atoms with Gasteiger partial charge in [0, 0.05) is 4.70 Å². The standard InChI is InChI=1S/C18H16OS/c19-17(15-10-13-4-1-2-5-14(13)11-15)16-7-3-6-12-8-9-20-18(12)16/h1-9,15,17,19H,10-11H2. The van der Waals surface area contributed by atoms with E-state index >= 15 is 0 Å². The average molecular weight is 280 g/mol. The zero-order valence-electron chi connectivity index (χ0n) is 11.1. The van der Waals surface area contributed by atoms with Crippen molar-refractivity contribution in [2.45, 2.75) is 18.9 Å². The molecule has 1 N–H and O–H groups in total. The summed E-state index contributed by atoms with van der Waals surface area (Å²) in [5, 5.41) is 14.2. The summed E-state index contributed by atoms with van der Waals surface area (Å²) in [6, 6.07) is 16.9. The molecule has 0 saturated heterocycles. The Balaban J connectivity index is 1.69. The van der Waals surface area contributed by atoms with E-state index in [1.54, 1.807) is 11.3 Å². The van der Waals surface area contributed by atoms with Gasteiger partial charge >= 0.3 is 0 Å². The van der Waals surface area contributed by atoms with E-state index < -0.39 is 0 Å². The zero-order chi connectivity index (χ0) is 13.5. The molecule has 0 saturated carbocycles. The van der Waals surface area contributed by atoms with Crippen LogP contribution in [-0.4, -0.2) is 5.11 Å². The fourth-order valence-electron chi connectivity index (χ4n) is 3.32. The molecule has 0 bridgehead atoms. The van der Waals surface area contributed by atoms with Crippen molar-refractivity contribution < 1.29 is 5.11 Å². The number of benzene rings is 2. The Bertz CT molecular complexity index is 734. The van der Waals surface area contributed by atoms with Crippen molar-refractivity contribution in [1.82, 2.24) is 0 Å². The van der Waals surface area contributed by atoms with Crippen molar-refractivity contribution in [3.05, 3.63) is 70.6 Å². The second-order valence-corrected chi connectivity index (χ2v) is 6.48. The molecular formula is C18H16OS. The van der Waals surface area contributed by atoms with Gasteiger partial charge in [0.1, 0.15) is 0 Å². The minimum atomic E-state index is -0.371. The SMILES string of the molecule is OC(c1cccc2ccsc12)C1Cc2ccccc2C1. The highest BCUT2D eigenvalue weighted by atomic mass is 32.1. The van der Waals surface area contributed by atoms with E-state index in [-0.39, 0.29) is 6.10 Å². The predicted octanol–water partition coefficient (Wildman–Crippen LogP) is 4.35. The average Bonchev–Trinajstić information content (AvgIpc) is 3.12. The molecule has 1 aliphatic carbocycles. The number of thiophene rings is 1. The van der Waals surface area contributed by atoms with Crippen LogP contribution in [0.5, 0.6) is 0 Å². The summed E-state index contributed by atoms with van der Waals surface area (Å²) in [6.45, 7) is 0. The maximum atomic E-state index is 10.8. The monoisotopic (exact) mass is 280 g/mol. The van der Waals surface area contributed by atoms with Gasteiger partial charge in [-0.2, -0.15) is 0 Å². The van der Waals surface area contributed by atoms with E-state index in [9.17, 15) is 5.11 Å². The summed E-state index contributed by atoms with van der Waals surface area (Å²) in [5.74, 6) is 0.306. The molecule has 1 heterocycles. The molecule has 100 valence electrons. The van der Waals surface area contributed by atoms with Crippen molar-refractivity contribution >= 4 is 21.4 Å². The second-order valence-electron chi connectivity index (χ2n) is 5.57. The van der Waals surface area contributed by atoms with Gasteiger partial charge in [-0.25, -0.2) is 0 Å². The molecule has 1 atom stereocenters. The predicted molar refractivity (Wildman–Crippen MR) is 84.1 cm³/mol. The highest BCUT2D eigenvalue weighted by Crippen LogP contribution is 2.38. The van der Waals surface area contributed by atoms with Crippen molar-refractivity contribution in [3.63, 3.8) is 0 Å². The normalized spacial score (nSPS) is 16.4. The van der Waals surface area contributed by atoms with Crippen molar-refractivity contribution in [2.75, 3.05) is 0 Å². The number of aliphatic hydroxyl groups excluding tert-OH is 1. The van der Waals surface area contributed by atoms with Crippen molar-refractivity contribution in [1.29, 1.82) is 0 Å². The van der Waals surface area contributed by atoms with Gasteiger partial charge in [0.15, 0.2) is 0 Å². The lowest BCUT2D eigenvalue weighted by Crippen LogP contribution is -2.12. The largest absolute Gasteiger partial charge is 0.388 e. The van der Waals surface area contributed by atoms with Gasteiger partial charge in [0.2, 0.25) is 0 Å². The number of hydrogen-bond acceptors (Lipinski definition) is 2. The zero-order valence-corrected chi connectivity index (χ0v) is 11.9. The lowest BCUT2D eigenvalue weighted by molar-refractivity contribution is 0.115. The molecule has 0 radical (unpaired) electrons. The topological polar surface area (TPSA) is 20.2 Å². The number of fused-ring (bicyclic) bond motifs is 2. The van der Waals surface area contributed by atoms with Crippen LogP contribution in [-0.2, 0) is 12.8 Å². The van der Waals surface area contributed by atoms with Gasteiger partial charge in [-0.15, -0.1) is 11.3 Å². The molecule has 1 aromatic heterocycles. The first kappa shape index (κ1) is 12.1. The third-order valence-electron chi connectivity index (χ3n) is 4.36. The van der Waals surface area contributed by atoms with E-state index in [1.807, 2.05) is 0 Å². The number of hydrogen-bond donors (Lipinski definition) is 1. The van der Waals surface area contributed by atoms with Crippen LogP contribution in [0.25, 0.3) is 10.1 Å². The van der Waals surface area contributed by atoms with Gasteiger partial charge in [-0.3, -0.25) is 0 Å². The van der Waals surface area contributed by atoms with Gasteiger partial charge in [0.05, 0.1) is 6.10 Å². The van der Waals surface area contributed by atoms with Gasteiger partial charge in [-0.1, -0.05) is 42.5 Å². The highest BCUT2D eigenvalue weighted by Gasteiger charge is 2.29. The summed E-state index contributed by atoms with van der Waals surface area (Å²) in [5.41, 5.74) is 3.89. The Labute approximate surface area is 122 Å². The molecular weight excluding hydrogens is 264 g/mol. The first-order valence-electron chi connectivity index (χ1n) is 7.04. The van der Waals surface area contributed by atoms with Crippen LogP contribution >= 0.6 is 11.3 Å². The molecule has 0 aliphatic heterocycles. The van der Waals surface area contributed by atoms with Crippen molar-refractivity contribution in [2.24, 2.45) is 5.92 Å². The molecule has 20 heavy (non-hydrogen) atoms. The molecule has 2 heteroatoms. The fraction of sp³-hybridized carbons (Fsp3) is 0.222. The third kappa shape index (κ3) is 1.88. The summed E-state index contributed by atoms with van der Waals surface area (Å²) in [7, 11) is 0. The van der Waals surface area contributed by atoms with Crippen LogP contribution in [0.2, 0.25) is 0 Å². The smallest absolute Gasteiger partial charge is 0.0838 e. The molecule has 2 aromatic carbocycles. The van der Waals surface area contributed by atoms with Crippen LogP contribution in [0.1, 0.15) is 22.8 Å². The second kappa shape index (κ2) is 4.72. The molecule has 4 rings (SSSR count). The highest BCUT2D eigenvalue weighted by molar-refractivity contribution is 7.17. The Morgan fingerprint density at radius 1 is 0.950 bits per heavy atom. The molecule has 1 nitrogen and oxygen atoms in total. The Morgan fingerprint density at radius 3 is 2.45 bits per heavy atom. The maximum absolute atomic E-state index is 10.8. The van der Waals surface area contributed by atoms with Crippen LogP contribution in [0.15, 0.2) is 53.9 Å². The lowest BCUT2D eigenvalue weighted by Gasteiger charge is -2.18. The third-order valence-corrected chi connectivity index (χ3v) is 5.34. The van der Waals surface area contributed by atoms with E-state index in [1.165, 1.54) is 21.2 Å².